The van der Waals surface area contributed by atoms with Crippen molar-refractivity contribution in [2.45, 2.75) is 11.4 Å². The lowest BCUT2D eigenvalue weighted by atomic mass is 10.1. The van der Waals surface area contributed by atoms with E-state index in [1.54, 1.807) is 12.1 Å². The van der Waals surface area contributed by atoms with Crippen molar-refractivity contribution in [1.29, 1.82) is 0 Å². The zero-order valence-electron chi connectivity index (χ0n) is 14.1. The molecule has 9 heteroatoms. The van der Waals surface area contributed by atoms with E-state index in [4.69, 9.17) is 16.7 Å². The van der Waals surface area contributed by atoms with Crippen molar-refractivity contribution in [2.24, 2.45) is 0 Å². The van der Waals surface area contributed by atoms with E-state index in [1.165, 1.54) is 44.4 Å². The van der Waals surface area contributed by atoms with Crippen LogP contribution in [0.3, 0.4) is 0 Å². The van der Waals surface area contributed by atoms with Gasteiger partial charge in [-0.1, -0.05) is 23.7 Å². The van der Waals surface area contributed by atoms with Gasteiger partial charge in [0, 0.05) is 20.6 Å². The van der Waals surface area contributed by atoms with Gasteiger partial charge < -0.3 is 10.4 Å². The van der Waals surface area contributed by atoms with Gasteiger partial charge in [0.2, 0.25) is 10.0 Å². The molecule has 2 aromatic rings. The van der Waals surface area contributed by atoms with Gasteiger partial charge in [-0.25, -0.2) is 17.5 Å². The first-order valence-electron chi connectivity index (χ1n) is 7.45. The van der Waals surface area contributed by atoms with Crippen LogP contribution in [0.15, 0.2) is 47.4 Å². The normalized spacial score (nSPS) is 11.4. The first-order valence-corrected chi connectivity index (χ1v) is 9.27. The van der Waals surface area contributed by atoms with E-state index < -0.39 is 21.9 Å². The number of aromatic carboxylic acids is 1. The number of carbonyl (C=O) groups is 2. The van der Waals surface area contributed by atoms with Crippen LogP contribution >= 0.6 is 11.6 Å². The van der Waals surface area contributed by atoms with Crippen LogP contribution in [0, 0.1) is 0 Å². The fourth-order valence-electron chi connectivity index (χ4n) is 2.09. The Kier molecular flexibility index (Phi) is 6.01. The second kappa shape index (κ2) is 7.86. The Balaban J connectivity index is 2.18. The summed E-state index contributed by atoms with van der Waals surface area (Å²) in [7, 11) is -0.904. The third-order valence-corrected chi connectivity index (χ3v) is 5.76. The summed E-state index contributed by atoms with van der Waals surface area (Å²) in [6.45, 7) is 0.139. The number of benzene rings is 2. The zero-order valence-corrected chi connectivity index (χ0v) is 15.6. The molecule has 0 aliphatic heterocycles. The Morgan fingerprint density at radius 1 is 1.12 bits per heavy atom. The van der Waals surface area contributed by atoms with Gasteiger partial charge in [-0.3, -0.25) is 4.79 Å². The van der Waals surface area contributed by atoms with Crippen molar-refractivity contribution in [2.75, 3.05) is 14.1 Å². The van der Waals surface area contributed by atoms with Crippen molar-refractivity contribution >= 4 is 33.5 Å². The van der Waals surface area contributed by atoms with Crippen LogP contribution < -0.4 is 5.32 Å². The zero-order chi connectivity index (χ0) is 19.5. The molecule has 0 saturated heterocycles. The standard InChI is InChI=1S/C17H17ClN2O5S/c1-20(2)26(24,25)13-7-8-15(18)14(9-13)16(21)19-10-11-3-5-12(6-4-11)17(22)23/h3-9H,10H2,1-2H3,(H,19,21)(H,22,23). The number of carboxylic acid groups (broad SMARTS) is 1. The Morgan fingerprint density at radius 2 is 1.73 bits per heavy atom. The highest BCUT2D eigenvalue weighted by molar-refractivity contribution is 7.89. The average Bonchev–Trinajstić information content (AvgIpc) is 2.60. The van der Waals surface area contributed by atoms with Gasteiger partial charge in [-0.05, 0) is 35.9 Å². The lowest BCUT2D eigenvalue weighted by molar-refractivity contribution is 0.0696. The topological polar surface area (TPSA) is 104 Å². The Labute approximate surface area is 156 Å². The number of nitrogens with zero attached hydrogens (tertiary/aromatic N) is 1. The summed E-state index contributed by atoms with van der Waals surface area (Å²) >= 11 is 6.02. The van der Waals surface area contributed by atoms with Crippen LogP contribution in [-0.2, 0) is 16.6 Å². The monoisotopic (exact) mass is 396 g/mol. The molecule has 0 atom stereocenters. The van der Waals surface area contributed by atoms with Crippen molar-refractivity contribution < 1.29 is 23.1 Å². The van der Waals surface area contributed by atoms with E-state index in [0.29, 0.717) is 5.56 Å². The van der Waals surface area contributed by atoms with E-state index in [-0.39, 0.29) is 27.6 Å². The molecule has 0 radical (unpaired) electrons. The van der Waals surface area contributed by atoms with Crippen LogP contribution in [-0.4, -0.2) is 43.8 Å². The number of hydrogen-bond donors (Lipinski definition) is 2. The maximum atomic E-state index is 12.4. The highest BCUT2D eigenvalue weighted by Crippen LogP contribution is 2.22. The fourth-order valence-corrected chi connectivity index (χ4v) is 3.22. The molecule has 2 rings (SSSR count). The van der Waals surface area contributed by atoms with Gasteiger partial charge in [0.25, 0.3) is 5.91 Å². The molecule has 0 aromatic heterocycles. The van der Waals surface area contributed by atoms with Crippen molar-refractivity contribution in [3.05, 3.63) is 64.2 Å². The maximum Gasteiger partial charge on any atom is 0.335 e. The molecule has 26 heavy (non-hydrogen) atoms. The average molecular weight is 397 g/mol. The second-order valence-corrected chi connectivity index (χ2v) is 8.17. The number of amides is 1. The number of sulfonamides is 1. The van der Waals surface area contributed by atoms with E-state index in [0.717, 1.165) is 4.31 Å². The molecular weight excluding hydrogens is 380 g/mol. The maximum absolute atomic E-state index is 12.4. The van der Waals surface area contributed by atoms with E-state index in [2.05, 4.69) is 5.32 Å². The molecule has 0 aliphatic rings. The largest absolute Gasteiger partial charge is 0.478 e. The molecule has 1 amide bonds. The quantitative estimate of drug-likeness (QED) is 0.779. The van der Waals surface area contributed by atoms with E-state index in [1.807, 2.05) is 0 Å². The van der Waals surface area contributed by atoms with Gasteiger partial charge in [-0.15, -0.1) is 0 Å². The minimum absolute atomic E-state index is 0.0387. The molecule has 0 fully saturated rings. The SMILES string of the molecule is CN(C)S(=O)(=O)c1ccc(Cl)c(C(=O)NCc2ccc(C(=O)O)cc2)c1. The number of carbonyl (C=O) groups excluding carboxylic acids is 1. The molecule has 138 valence electrons. The van der Waals surface area contributed by atoms with Crippen LogP contribution in [0.5, 0.6) is 0 Å². The minimum atomic E-state index is -3.69. The predicted octanol–water partition coefficient (Wildman–Crippen LogP) is 2.22. The number of halogens is 1. The summed E-state index contributed by atoms with van der Waals surface area (Å²) in [5.41, 5.74) is 0.873. The highest BCUT2D eigenvalue weighted by atomic mass is 35.5. The van der Waals surface area contributed by atoms with Crippen molar-refractivity contribution in [3.8, 4) is 0 Å². The third kappa shape index (κ3) is 4.40. The fraction of sp³-hybridized carbons (Fsp3) is 0.176. The molecular formula is C17H17ClN2O5S. The van der Waals surface area contributed by atoms with E-state index in [9.17, 15) is 18.0 Å². The van der Waals surface area contributed by atoms with Gasteiger partial charge in [-0.2, -0.15) is 0 Å². The van der Waals surface area contributed by atoms with Gasteiger partial charge in [0.1, 0.15) is 0 Å². The van der Waals surface area contributed by atoms with Crippen molar-refractivity contribution in [3.63, 3.8) is 0 Å². The second-order valence-electron chi connectivity index (χ2n) is 5.61. The van der Waals surface area contributed by atoms with Gasteiger partial charge >= 0.3 is 5.97 Å². The Hall–Kier alpha value is -2.42. The first kappa shape index (κ1) is 19.9. The summed E-state index contributed by atoms with van der Waals surface area (Å²) < 4.78 is 25.4. The number of rotatable bonds is 6. The lowest BCUT2D eigenvalue weighted by Crippen LogP contribution is -2.25. The predicted molar refractivity (Wildman–Crippen MR) is 96.9 cm³/mol. The smallest absolute Gasteiger partial charge is 0.335 e. The van der Waals surface area contributed by atoms with Gasteiger partial charge in [0.15, 0.2) is 0 Å². The van der Waals surface area contributed by atoms with E-state index >= 15 is 0 Å². The molecule has 0 bridgehead atoms. The van der Waals surface area contributed by atoms with Crippen molar-refractivity contribution in [1.82, 2.24) is 9.62 Å². The van der Waals surface area contributed by atoms with Crippen LogP contribution in [0.4, 0.5) is 0 Å². The summed E-state index contributed by atoms with van der Waals surface area (Å²) in [6.07, 6.45) is 0. The van der Waals surface area contributed by atoms with Crippen LogP contribution in [0.2, 0.25) is 5.02 Å². The van der Waals surface area contributed by atoms with Crippen LogP contribution in [0.1, 0.15) is 26.3 Å². The molecule has 0 heterocycles. The summed E-state index contributed by atoms with van der Waals surface area (Å²) in [6, 6.07) is 9.94. The lowest BCUT2D eigenvalue weighted by Gasteiger charge is -2.13. The number of hydrogen-bond acceptors (Lipinski definition) is 4. The van der Waals surface area contributed by atoms with Gasteiger partial charge in [0.05, 0.1) is 21.0 Å². The molecule has 0 unspecified atom stereocenters. The summed E-state index contributed by atoms with van der Waals surface area (Å²) in [4.78, 5) is 23.2. The molecule has 0 spiro atoms. The molecule has 2 aromatic carbocycles. The highest BCUT2D eigenvalue weighted by Gasteiger charge is 2.20. The number of carboxylic acids is 1. The van der Waals surface area contributed by atoms with Crippen LogP contribution in [0.25, 0.3) is 0 Å². The summed E-state index contributed by atoms with van der Waals surface area (Å²) in [5, 5.41) is 11.6. The molecule has 0 saturated carbocycles. The summed E-state index contributed by atoms with van der Waals surface area (Å²) in [5.74, 6) is -1.57. The molecule has 0 aliphatic carbocycles. The third-order valence-electron chi connectivity index (χ3n) is 3.61. The first-order chi connectivity index (χ1) is 12.1. The molecule has 7 nitrogen and oxygen atoms in total. The molecule has 2 N–H and O–H groups in total. The minimum Gasteiger partial charge on any atom is -0.478 e. The Morgan fingerprint density at radius 3 is 2.27 bits per heavy atom. The number of nitrogens with one attached hydrogen (secondary N) is 1. The Bertz CT molecular complexity index is 940.